The van der Waals surface area contributed by atoms with Crippen LogP contribution < -0.4 is 10.3 Å². The lowest BCUT2D eigenvalue weighted by Gasteiger charge is -2.25. The van der Waals surface area contributed by atoms with Crippen LogP contribution in [0.3, 0.4) is 0 Å². The van der Waals surface area contributed by atoms with Crippen LogP contribution in [0, 0.1) is 4.51 Å². The number of hydrogen-bond acceptors (Lipinski definition) is 4. The predicted molar refractivity (Wildman–Crippen MR) is 99.1 cm³/mol. The van der Waals surface area contributed by atoms with E-state index in [9.17, 15) is 4.79 Å². The number of nitrogens with zero attached hydrogens (tertiary/aromatic N) is 2. The minimum atomic E-state index is 0.0787. The van der Waals surface area contributed by atoms with Gasteiger partial charge in [0.15, 0.2) is 0 Å². The third kappa shape index (κ3) is 6.70. The Kier molecular flexibility index (Phi) is 13.9. The monoisotopic (exact) mass is 314 g/mol. The molecule has 0 radical (unpaired) electrons. The van der Waals surface area contributed by atoms with E-state index in [1.165, 1.54) is 0 Å². The molecule has 0 amide bonds. The zero-order valence-corrected chi connectivity index (χ0v) is 16.1. The Labute approximate surface area is 136 Å². The average Bonchev–Trinajstić information content (AvgIpc) is 2.54. The zero-order valence-electron chi connectivity index (χ0n) is 15.2. The van der Waals surface area contributed by atoms with Crippen molar-refractivity contribution in [2.75, 3.05) is 38.6 Å². The van der Waals surface area contributed by atoms with E-state index < -0.39 is 0 Å². The molecular formula is C17H34N2OS. The molecule has 0 bridgehead atoms. The van der Waals surface area contributed by atoms with E-state index in [4.69, 9.17) is 12.2 Å². The molecule has 0 aliphatic carbocycles. The second-order valence-electron chi connectivity index (χ2n) is 4.51. The highest BCUT2D eigenvalue weighted by molar-refractivity contribution is 7.71. The van der Waals surface area contributed by atoms with Gasteiger partial charge in [0.05, 0.1) is 5.69 Å². The van der Waals surface area contributed by atoms with Crippen LogP contribution in [0.15, 0.2) is 4.79 Å². The molecule has 0 fully saturated rings. The van der Waals surface area contributed by atoms with Crippen molar-refractivity contribution < 1.29 is 0 Å². The van der Waals surface area contributed by atoms with Gasteiger partial charge in [-0.1, -0.05) is 53.8 Å². The quantitative estimate of drug-likeness (QED) is 0.709. The third-order valence-electron chi connectivity index (χ3n) is 3.29. The summed E-state index contributed by atoms with van der Waals surface area (Å²) in [6.45, 7) is 15.3. The normalized spacial score (nSPS) is 9.76. The fourth-order valence-corrected chi connectivity index (χ4v) is 2.41. The van der Waals surface area contributed by atoms with Gasteiger partial charge in [0.1, 0.15) is 4.51 Å². The van der Waals surface area contributed by atoms with E-state index in [-0.39, 0.29) is 5.43 Å². The van der Waals surface area contributed by atoms with E-state index in [2.05, 4.69) is 23.8 Å². The van der Waals surface area contributed by atoms with Gasteiger partial charge in [-0.3, -0.25) is 4.79 Å². The van der Waals surface area contributed by atoms with Crippen LogP contribution in [0.1, 0.15) is 53.5 Å². The second kappa shape index (κ2) is 13.0. The maximum atomic E-state index is 11.5. The van der Waals surface area contributed by atoms with Crippen molar-refractivity contribution in [2.45, 2.75) is 54.4 Å². The summed E-state index contributed by atoms with van der Waals surface area (Å²) < 4.78 is 0.521. The highest BCUT2D eigenvalue weighted by Gasteiger charge is 2.18. The molecule has 0 saturated carbocycles. The molecule has 21 heavy (non-hydrogen) atoms. The van der Waals surface area contributed by atoms with Gasteiger partial charge in [-0.15, -0.1) is 0 Å². The Morgan fingerprint density at radius 2 is 1.52 bits per heavy atom. The van der Waals surface area contributed by atoms with Gasteiger partial charge in [-0.2, -0.15) is 0 Å². The molecule has 0 aliphatic heterocycles. The molecule has 0 aliphatic rings. The summed E-state index contributed by atoms with van der Waals surface area (Å²) in [4.78, 5) is 15.9. The molecule has 0 unspecified atom stereocenters. The number of hydrogen-bond donors (Lipinski definition) is 0. The predicted octanol–water partition coefficient (Wildman–Crippen LogP) is 4.04. The topological polar surface area (TPSA) is 23.6 Å². The van der Waals surface area contributed by atoms with Gasteiger partial charge >= 0.3 is 0 Å². The molecule has 3 nitrogen and oxygen atoms in total. The molecule has 0 heterocycles. The molecule has 0 aromatic heterocycles. The SMILES string of the molecule is CC.CC.CCc1c(N(C)CCCN(C)CC)c(=S)c1=O. The van der Waals surface area contributed by atoms with Crippen molar-refractivity contribution in [1.29, 1.82) is 0 Å². The Morgan fingerprint density at radius 1 is 1.00 bits per heavy atom. The van der Waals surface area contributed by atoms with Crippen molar-refractivity contribution in [3.63, 3.8) is 0 Å². The van der Waals surface area contributed by atoms with Gasteiger partial charge in [0.25, 0.3) is 0 Å². The molecule has 0 N–H and O–H groups in total. The lowest BCUT2D eigenvalue weighted by Crippen LogP contribution is -2.31. The first kappa shape index (κ1) is 22.5. The maximum absolute atomic E-state index is 11.5. The summed E-state index contributed by atoms with van der Waals surface area (Å²) in [5, 5.41) is 0. The highest BCUT2D eigenvalue weighted by Crippen LogP contribution is 2.21. The highest BCUT2D eigenvalue weighted by atomic mass is 32.1. The number of anilines is 1. The van der Waals surface area contributed by atoms with Crippen molar-refractivity contribution in [2.24, 2.45) is 0 Å². The van der Waals surface area contributed by atoms with E-state index in [0.717, 1.165) is 43.7 Å². The standard InChI is InChI=1S/C13H22N2OS.2C2H6/c1-5-10-11(13(17)12(10)16)15(4)9-7-8-14(3)6-2;2*1-2/h5-9H2,1-4H3;2*1-2H3. The summed E-state index contributed by atoms with van der Waals surface area (Å²) in [6.07, 6.45) is 1.88. The largest absolute Gasteiger partial charge is 0.373 e. The van der Waals surface area contributed by atoms with Crippen LogP contribution in [0.2, 0.25) is 0 Å². The third-order valence-corrected chi connectivity index (χ3v) is 3.67. The van der Waals surface area contributed by atoms with Crippen molar-refractivity contribution in [1.82, 2.24) is 4.90 Å². The summed E-state index contributed by atoms with van der Waals surface area (Å²) in [6, 6.07) is 0. The van der Waals surface area contributed by atoms with Gasteiger partial charge in [-0.25, -0.2) is 0 Å². The van der Waals surface area contributed by atoms with Crippen molar-refractivity contribution >= 4 is 17.9 Å². The molecule has 0 atom stereocenters. The van der Waals surface area contributed by atoms with Gasteiger partial charge in [0, 0.05) is 19.2 Å². The Morgan fingerprint density at radius 3 is 1.95 bits per heavy atom. The van der Waals surface area contributed by atoms with Crippen molar-refractivity contribution in [3.05, 3.63) is 20.3 Å². The maximum Gasteiger partial charge on any atom is 0.204 e. The smallest absolute Gasteiger partial charge is 0.204 e. The molecular weight excluding hydrogens is 280 g/mol. The second-order valence-corrected chi connectivity index (χ2v) is 4.92. The van der Waals surface area contributed by atoms with Gasteiger partial charge in [-0.05, 0) is 33.0 Å². The van der Waals surface area contributed by atoms with Crippen LogP contribution in [0.5, 0.6) is 0 Å². The lowest BCUT2D eigenvalue weighted by molar-refractivity contribution is 0.349. The summed E-state index contributed by atoms with van der Waals surface area (Å²) in [5.74, 6) is 0. The lowest BCUT2D eigenvalue weighted by atomic mass is 10.0. The summed E-state index contributed by atoms with van der Waals surface area (Å²) in [5.41, 5.74) is 1.99. The van der Waals surface area contributed by atoms with Crippen LogP contribution in [0.25, 0.3) is 0 Å². The minimum absolute atomic E-state index is 0.0787. The zero-order chi connectivity index (χ0) is 17.0. The van der Waals surface area contributed by atoms with Crippen LogP contribution in [0.4, 0.5) is 5.69 Å². The van der Waals surface area contributed by atoms with Crippen LogP contribution in [-0.2, 0) is 6.42 Å². The first-order valence-electron chi connectivity index (χ1n) is 8.24. The van der Waals surface area contributed by atoms with Gasteiger partial charge < -0.3 is 9.80 Å². The molecule has 124 valence electrons. The van der Waals surface area contributed by atoms with E-state index in [0.29, 0.717) is 4.51 Å². The van der Waals surface area contributed by atoms with E-state index in [1.807, 2.05) is 41.7 Å². The molecule has 0 saturated heterocycles. The Balaban J connectivity index is 0. The van der Waals surface area contributed by atoms with E-state index in [1.54, 1.807) is 0 Å². The fourth-order valence-electron chi connectivity index (χ4n) is 2.01. The van der Waals surface area contributed by atoms with Crippen LogP contribution in [-0.4, -0.2) is 38.6 Å². The Bertz CT molecular complexity index is 436. The van der Waals surface area contributed by atoms with Crippen LogP contribution >= 0.6 is 12.2 Å². The Hall–Kier alpha value is -0.740. The molecule has 1 aromatic rings. The first-order valence-corrected chi connectivity index (χ1v) is 8.65. The minimum Gasteiger partial charge on any atom is -0.373 e. The summed E-state index contributed by atoms with van der Waals surface area (Å²) >= 11 is 5.11. The summed E-state index contributed by atoms with van der Waals surface area (Å²) in [7, 11) is 4.14. The van der Waals surface area contributed by atoms with Gasteiger partial charge in [0.2, 0.25) is 5.43 Å². The molecule has 0 spiro atoms. The first-order chi connectivity index (χ1) is 10.0. The fraction of sp³-hybridized carbons (Fsp3) is 0.765. The number of rotatable bonds is 7. The van der Waals surface area contributed by atoms with E-state index >= 15 is 0 Å². The van der Waals surface area contributed by atoms with Crippen molar-refractivity contribution in [3.8, 4) is 0 Å². The molecule has 1 rings (SSSR count). The average molecular weight is 315 g/mol. The molecule has 1 aromatic carbocycles. The molecule has 4 heteroatoms.